The molecule has 3 rings (SSSR count). The van der Waals surface area contributed by atoms with Gasteiger partial charge in [-0.05, 0) is 5.56 Å². The topological polar surface area (TPSA) is 99.4 Å². The molecule has 6 nitrogen and oxygen atoms in total. The molecule has 31 heavy (non-hydrogen) atoms. The zero-order valence-electron chi connectivity index (χ0n) is 16.9. The van der Waals surface area contributed by atoms with Crippen molar-refractivity contribution in [3.05, 3.63) is 108 Å². The van der Waals surface area contributed by atoms with E-state index in [9.17, 15) is 20.1 Å². The molecule has 0 amide bonds. The first-order valence-corrected chi connectivity index (χ1v) is 9.95. The van der Waals surface area contributed by atoms with Crippen LogP contribution >= 0.6 is 0 Å². The summed E-state index contributed by atoms with van der Waals surface area (Å²) in [6, 6.07) is 27.3. The Morgan fingerprint density at radius 1 is 0.806 bits per heavy atom. The molecule has 0 aliphatic rings. The molecule has 0 radical (unpaired) electrons. The van der Waals surface area contributed by atoms with Crippen molar-refractivity contribution in [1.29, 1.82) is 0 Å². The van der Waals surface area contributed by atoms with E-state index in [-0.39, 0.29) is 13.2 Å². The van der Waals surface area contributed by atoms with Crippen molar-refractivity contribution >= 4 is 11.7 Å². The average molecular weight is 419 g/mol. The average Bonchev–Trinajstić information content (AvgIpc) is 2.82. The number of ether oxygens (including phenoxy) is 1. The lowest BCUT2D eigenvalue weighted by atomic mass is 10.0. The molecule has 0 spiro atoms. The fourth-order valence-electron chi connectivity index (χ4n) is 3.11. The van der Waals surface area contributed by atoms with E-state index in [0.717, 1.165) is 16.7 Å². The minimum atomic E-state index is -1.98. The third-order valence-electron chi connectivity index (χ3n) is 4.76. The molecule has 0 aliphatic carbocycles. The first-order valence-electron chi connectivity index (χ1n) is 9.95. The summed E-state index contributed by atoms with van der Waals surface area (Å²) < 4.78 is 5.73. The second kappa shape index (κ2) is 11.2. The van der Waals surface area contributed by atoms with Crippen LogP contribution in [0.3, 0.4) is 0 Å². The number of nitrogens with zero attached hydrogens (tertiary/aromatic N) is 1. The van der Waals surface area contributed by atoms with Gasteiger partial charge in [0, 0.05) is 11.1 Å². The Bertz CT molecular complexity index is 935. The number of aliphatic imine (C=N–C) groups is 1. The van der Waals surface area contributed by atoms with Crippen LogP contribution in [0.5, 0.6) is 0 Å². The number of aliphatic hydroxyl groups is 2. The molecule has 0 bridgehead atoms. The van der Waals surface area contributed by atoms with Crippen LogP contribution in [-0.4, -0.2) is 51.9 Å². The van der Waals surface area contributed by atoms with Gasteiger partial charge in [0.2, 0.25) is 0 Å². The lowest BCUT2D eigenvalue weighted by molar-refractivity contribution is -0.154. The molecule has 160 valence electrons. The fraction of sp³-hybridized carbons (Fsp3) is 0.200. The first kappa shape index (κ1) is 22.4. The number of hydrogen-bond acceptors (Lipinski definition) is 5. The Kier molecular flexibility index (Phi) is 8.06. The van der Waals surface area contributed by atoms with E-state index in [0.29, 0.717) is 5.71 Å². The molecular formula is C25H25NO5. The summed E-state index contributed by atoms with van der Waals surface area (Å²) in [5, 5.41) is 29.7. The van der Waals surface area contributed by atoms with Gasteiger partial charge in [0.05, 0.1) is 18.9 Å². The molecule has 0 saturated heterocycles. The highest BCUT2D eigenvalue weighted by atomic mass is 16.5. The largest absolute Gasteiger partial charge is 0.479 e. The van der Waals surface area contributed by atoms with Gasteiger partial charge in [-0.1, -0.05) is 91.0 Å². The third-order valence-corrected chi connectivity index (χ3v) is 4.76. The summed E-state index contributed by atoms with van der Waals surface area (Å²) >= 11 is 0. The second-order valence-corrected chi connectivity index (χ2v) is 7.05. The lowest BCUT2D eigenvalue weighted by Crippen LogP contribution is -2.44. The van der Waals surface area contributed by atoms with Gasteiger partial charge >= 0.3 is 5.97 Å². The maximum absolute atomic E-state index is 11.3. The van der Waals surface area contributed by atoms with Crippen LogP contribution < -0.4 is 0 Å². The number of carboxylic acids is 1. The molecular weight excluding hydrogens is 394 g/mol. The van der Waals surface area contributed by atoms with Gasteiger partial charge in [0.1, 0.15) is 12.1 Å². The summed E-state index contributed by atoms with van der Waals surface area (Å²) in [4.78, 5) is 15.9. The van der Waals surface area contributed by atoms with Crippen LogP contribution in [0, 0.1) is 0 Å². The quantitative estimate of drug-likeness (QED) is 0.439. The molecule has 3 aromatic rings. The van der Waals surface area contributed by atoms with Gasteiger partial charge in [0.15, 0.2) is 6.10 Å². The monoisotopic (exact) mass is 419 g/mol. The smallest absolute Gasteiger partial charge is 0.335 e. The highest BCUT2D eigenvalue weighted by Crippen LogP contribution is 2.16. The number of rotatable bonds is 10. The summed E-state index contributed by atoms with van der Waals surface area (Å²) in [6.45, 7) is 0.207. The molecule has 0 saturated carbocycles. The minimum Gasteiger partial charge on any atom is -0.479 e. The van der Waals surface area contributed by atoms with Crippen LogP contribution in [0.2, 0.25) is 0 Å². The van der Waals surface area contributed by atoms with E-state index in [1.165, 1.54) is 0 Å². The van der Waals surface area contributed by atoms with Gasteiger partial charge in [-0.25, -0.2) is 4.79 Å². The number of hydrogen-bond donors (Lipinski definition) is 3. The van der Waals surface area contributed by atoms with Crippen molar-refractivity contribution in [2.75, 3.05) is 6.61 Å². The zero-order valence-corrected chi connectivity index (χ0v) is 16.9. The predicted octanol–water partition coefficient (Wildman–Crippen LogP) is 2.92. The van der Waals surface area contributed by atoms with E-state index in [1.54, 1.807) is 0 Å². The second-order valence-electron chi connectivity index (χ2n) is 7.05. The first-order chi connectivity index (χ1) is 15.1. The molecule has 3 aromatic carbocycles. The normalized spacial score (nSPS) is 13.7. The van der Waals surface area contributed by atoms with Crippen LogP contribution in [-0.2, 0) is 16.1 Å². The van der Waals surface area contributed by atoms with Crippen LogP contribution in [0.15, 0.2) is 96.0 Å². The van der Waals surface area contributed by atoms with Crippen LogP contribution in [0.4, 0.5) is 0 Å². The van der Waals surface area contributed by atoms with Crippen molar-refractivity contribution in [3.63, 3.8) is 0 Å². The van der Waals surface area contributed by atoms with E-state index >= 15 is 0 Å². The Morgan fingerprint density at radius 2 is 1.29 bits per heavy atom. The number of carboxylic acid groups (broad SMARTS) is 1. The summed E-state index contributed by atoms with van der Waals surface area (Å²) in [5.74, 6) is -1.52. The Morgan fingerprint density at radius 3 is 1.77 bits per heavy atom. The third kappa shape index (κ3) is 6.33. The van der Waals surface area contributed by atoms with Gasteiger partial charge in [-0.3, -0.25) is 4.99 Å². The number of aliphatic hydroxyl groups excluding tert-OH is 2. The van der Waals surface area contributed by atoms with Gasteiger partial charge in [-0.15, -0.1) is 0 Å². The Labute approximate surface area is 181 Å². The van der Waals surface area contributed by atoms with Gasteiger partial charge in [0.25, 0.3) is 0 Å². The number of aliphatic carboxylic acids is 1. The predicted molar refractivity (Wildman–Crippen MR) is 118 cm³/mol. The maximum Gasteiger partial charge on any atom is 0.335 e. The standard InChI is InChI=1S/C25H25NO5/c27-23(24(28)25(29)30)21(17-31-16-18-10-4-1-5-11-18)26-22(19-12-6-2-7-13-19)20-14-8-3-9-15-20/h1-15,21,23-24,27-28H,16-17H2,(H,29,30). The molecule has 0 heterocycles. The van der Waals surface area contributed by atoms with Crippen LogP contribution in [0.1, 0.15) is 16.7 Å². The highest BCUT2D eigenvalue weighted by molar-refractivity contribution is 6.13. The molecule has 0 aliphatic heterocycles. The van der Waals surface area contributed by atoms with Crippen molar-refractivity contribution in [2.45, 2.75) is 24.9 Å². The number of benzene rings is 3. The summed E-state index contributed by atoms with van der Waals surface area (Å²) in [6.07, 6.45) is -3.63. The zero-order chi connectivity index (χ0) is 22.1. The highest BCUT2D eigenvalue weighted by Gasteiger charge is 2.32. The van der Waals surface area contributed by atoms with E-state index < -0.39 is 24.2 Å². The lowest BCUT2D eigenvalue weighted by Gasteiger charge is -2.23. The minimum absolute atomic E-state index is 0.0659. The number of carbonyl (C=O) groups is 1. The molecule has 3 unspecified atom stereocenters. The SMILES string of the molecule is O=C(O)C(O)C(O)C(COCc1ccccc1)N=C(c1ccccc1)c1ccccc1. The van der Waals surface area contributed by atoms with Crippen molar-refractivity contribution < 1.29 is 24.9 Å². The molecule has 0 aromatic heterocycles. The Hall–Kier alpha value is -3.32. The molecule has 3 atom stereocenters. The maximum atomic E-state index is 11.3. The summed E-state index contributed by atoms with van der Waals surface area (Å²) in [5.41, 5.74) is 3.12. The van der Waals surface area contributed by atoms with E-state index in [4.69, 9.17) is 4.74 Å². The van der Waals surface area contributed by atoms with Crippen molar-refractivity contribution in [2.24, 2.45) is 4.99 Å². The Balaban J connectivity index is 1.92. The summed E-state index contributed by atoms with van der Waals surface area (Å²) in [7, 11) is 0. The van der Waals surface area contributed by atoms with Crippen LogP contribution in [0.25, 0.3) is 0 Å². The molecule has 0 fully saturated rings. The van der Waals surface area contributed by atoms with Gasteiger partial charge in [-0.2, -0.15) is 0 Å². The molecule has 6 heteroatoms. The molecule has 3 N–H and O–H groups in total. The fourth-order valence-corrected chi connectivity index (χ4v) is 3.11. The van der Waals surface area contributed by atoms with Crippen molar-refractivity contribution in [3.8, 4) is 0 Å². The van der Waals surface area contributed by atoms with E-state index in [1.807, 2.05) is 91.0 Å². The van der Waals surface area contributed by atoms with E-state index in [2.05, 4.69) is 4.99 Å². The van der Waals surface area contributed by atoms with Crippen molar-refractivity contribution in [1.82, 2.24) is 0 Å². The van der Waals surface area contributed by atoms with Gasteiger partial charge < -0.3 is 20.1 Å².